The summed E-state index contributed by atoms with van der Waals surface area (Å²) in [5, 5.41) is 4.01. The molecule has 1 amide bonds. The second kappa shape index (κ2) is 7.88. The van der Waals surface area contributed by atoms with E-state index in [9.17, 15) is 4.79 Å². The lowest BCUT2D eigenvalue weighted by molar-refractivity contribution is -0.125. The van der Waals surface area contributed by atoms with E-state index in [0.29, 0.717) is 6.54 Å². The van der Waals surface area contributed by atoms with E-state index >= 15 is 0 Å². The van der Waals surface area contributed by atoms with Gasteiger partial charge in [-0.25, -0.2) is 4.98 Å². The van der Waals surface area contributed by atoms with E-state index in [0.717, 1.165) is 47.0 Å². The number of ether oxygens (including phenoxy) is 1. The van der Waals surface area contributed by atoms with Crippen LogP contribution in [0.25, 0.3) is 10.7 Å². The molecule has 4 rings (SSSR count). The smallest absolute Gasteiger partial charge is 0.223 e. The number of hydrogen-bond donors (Lipinski definition) is 1. The van der Waals surface area contributed by atoms with Gasteiger partial charge in [-0.2, -0.15) is 0 Å². The number of aryl methyl sites for hydroxylation is 1. The van der Waals surface area contributed by atoms with Crippen LogP contribution in [0.4, 0.5) is 0 Å². The summed E-state index contributed by atoms with van der Waals surface area (Å²) in [6.07, 6.45) is 4.23. The highest BCUT2D eigenvalue weighted by Gasteiger charge is 2.27. The Bertz CT molecular complexity index is 922. The fraction of sp³-hybridized carbons (Fsp3) is 0.286. The zero-order valence-corrected chi connectivity index (χ0v) is 16.0. The first kappa shape index (κ1) is 17.7. The predicted molar refractivity (Wildman–Crippen MR) is 106 cm³/mol. The molecule has 0 radical (unpaired) electrons. The Morgan fingerprint density at radius 2 is 2.11 bits per heavy atom. The topological polar surface area (TPSA) is 64.1 Å². The molecule has 0 aliphatic heterocycles. The van der Waals surface area contributed by atoms with Crippen molar-refractivity contribution in [2.45, 2.75) is 25.8 Å². The number of fused-ring (bicyclic) bond motifs is 1. The fourth-order valence-electron chi connectivity index (χ4n) is 3.27. The largest absolute Gasteiger partial charge is 0.497 e. The Morgan fingerprint density at radius 1 is 1.26 bits per heavy atom. The minimum Gasteiger partial charge on any atom is -0.497 e. The molecule has 1 atom stereocenters. The third kappa shape index (κ3) is 4.01. The number of hydrogen-bond acceptors (Lipinski definition) is 5. The lowest BCUT2D eigenvalue weighted by atomic mass is 9.90. The summed E-state index contributed by atoms with van der Waals surface area (Å²) >= 11 is 1.66. The van der Waals surface area contributed by atoms with Crippen molar-refractivity contribution in [2.24, 2.45) is 5.92 Å². The lowest BCUT2D eigenvalue weighted by Gasteiger charge is -2.20. The number of rotatable bonds is 5. The Balaban J connectivity index is 1.38. The van der Waals surface area contributed by atoms with E-state index in [1.54, 1.807) is 24.6 Å². The van der Waals surface area contributed by atoms with Crippen LogP contribution in [0, 0.1) is 5.92 Å². The van der Waals surface area contributed by atoms with Crippen molar-refractivity contribution in [2.75, 3.05) is 7.11 Å². The second-order valence-electron chi connectivity index (χ2n) is 6.61. The molecule has 1 aromatic carbocycles. The predicted octanol–water partition coefficient (Wildman–Crippen LogP) is 3.64. The summed E-state index contributed by atoms with van der Waals surface area (Å²) in [5.74, 6) is 0.941. The average molecular weight is 379 g/mol. The Hall–Kier alpha value is -2.73. The number of pyridine rings is 1. The third-order valence-corrected chi connectivity index (χ3v) is 5.96. The number of carbonyl (C=O) groups excluding carboxylic acids is 1. The molecule has 0 spiro atoms. The maximum Gasteiger partial charge on any atom is 0.223 e. The zero-order chi connectivity index (χ0) is 18.6. The molecular formula is C21H21N3O2S. The van der Waals surface area contributed by atoms with Gasteiger partial charge in [0, 0.05) is 23.5 Å². The number of amides is 1. The van der Waals surface area contributed by atoms with Gasteiger partial charge >= 0.3 is 0 Å². The van der Waals surface area contributed by atoms with Crippen LogP contribution in [-0.2, 0) is 24.2 Å². The molecule has 0 saturated heterocycles. The molecule has 1 unspecified atom stereocenters. The molecule has 0 fully saturated rings. The van der Waals surface area contributed by atoms with Crippen molar-refractivity contribution in [3.8, 4) is 16.5 Å². The van der Waals surface area contributed by atoms with Crippen LogP contribution in [0.1, 0.15) is 22.6 Å². The SMILES string of the molecule is COc1ccc(CNC(=O)C2CCc3nc(-c4ccccn4)sc3C2)cc1. The molecule has 0 bridgehead atoms. The standard InChI is InChI=1S/C21H21N3O2S/c1-26-16-8-5-14(6-9-16)13-23-20(25)15-7-10-17-19(12-15)27-21(24-17)18-4-2-3-11-22-18/h2-6,8-9,11,15H,7,10,12-13H2,1H3,(H,23,25). The highest BCUT2D eigenvalue weighted by atomic mass is 32.1. The van der Waals surface area contributed by atoms with Crippen molar-refractivity contribution in [1.82, 2.24) is 15.3 Å². The van der Waals surface area contributed by atoms with Crippen molar-refractivity contribution in [3.05, 3.63) is 64.8 Å². The number of nitrogens with zero attached hydrogens (tertiary/aromatic N) is 2. The first-order valence-electron chi connectivity index (χ1n) is 9.03. The Labute approximate surface area is 162 Å². The van der Waals surface area contributed by atoms with Crippen molar-refractivity contribution < 1.29 is 9.53 Å². The molecule has 2 aromatic heterocycles. The number of carbonyl (C=O) groups is 1. The van der Waals surface area contributed by atoms with Crippen LogP contribution < -0.4 is 10.1 Å². The number of methoxy groups -OCH3 is 1. The van der Waals surface area contributed by atoms with E-state index < -0.39 is 0 Å². The maximum atomic E-state index is 12.6. The van der Waals surface area contributed by atoms with E-state index in [2.05, 4.69) is 10.3 Å². The quantitative estimate of drug-likeness (QED) is 0.735. The van der Waals surface area contributed by atoms with Gasteiger partial charge in [-0.15, -0.1) is 11.3 Å². The molecule has 1 aliphatic rings. The van der Waals surface area contributed by atoms with Gasteiger partial charge in [-0.1, -0.05) is 18.2 Å². The first-order chi connectivity index (χ1) is 13.2. The van der Waals surface area contributed by atoms with E-state index in [1.807, 2.05) is 42.5 Å². The summed E-state index contributed by atoms with van der Waals surface area (Å²) in [6.45, 7) is 0.536. The van der Waals surface area contributed by atoms with Crippen molar-refractivity contribution >= 4 is 17.2 Å². The van der Waals surface area contributed by atoms with Crippen LogP contribution >= 0.6 is 11.3 Å². The van der Waals surface area contributed by atoms with Crippen LogP contribution in [0.3, 0.4) is 0 Å². The van der Waals surface area contributed by atoms with Crippen LogP contribution in [-0.4, -0.2) is 23.0 Å². The molecule has 6 heteroatoms. The summed E-state index contributed by atoms with van der Waals surface area (Å²) in [7, 11) is 1.65. The minimum atomic E-state index is 0.00720. The highest BCUT2D eigenvalue weighted by molar-refractivity contribution is 7.15. The molecule has 1 N–H and O–H groups in total. The average Bonchev–Trinajstić information content (AvgIpc) is 3.16. The zero-order valence-electron chi connectivity index (χ0n) is 15.1. The number of aromatic nitrogens is 2. The number of benzene rings is 1. The minimum absolute atomic E-state index is 0.00720. The summed E-state index contributed by atoms with van der Waals surface area (Å²) in [5.41, 5.74) is 3.09. The summed E-state index contributed by atoms with van der Waals surface area (Å²) in [4.78, 5) is 23.0. The van der Waals surface area contributed by atoms with E-state index in [1.165, 1.54) is 4.88 Å². The molecule has 2 heterocycles. The molecular weight excluding hydrogens is 358 g/mol. The van der Waals surface area contributed by atoms with Crippen molar-refractivity contribution in [3.63, 3.8) is 0 Å². The monoisotopic (exact) mass is 379 g/mol. The van der Waals surface area contributed by atoms with Gasteiger partial charge in [0.05, 0.1) is 18.5 Å². The first-order valence-corrected chi connectivity index (χ1v) is 9.85. The Kier molecular flexibility index (Phi) is 5.16. The highest BCUT2D eigenvalue weighted by Crippen LogP contribution is 2.34. The summed E-state index contributed by atoms with van der Waals surface area (Å²) < 4.78 is 5.16. The molecule has 27 heavy (non-hydrogen) atoms. The van der Waals surface area contributed by atoms with E-state index in [4.69, 9.17) is 9.72 Å². The van der Waals surface area contributed by atoms with Crippen LogP contribution in [0.15, 0.2) is 48.7 Å². The number of nitrogens with one attached hydrogen (secondary N) is 1. The van der Waals surface area contributed by atoms with Crippen molar-refractivity contribution in [1.29, 1.82) is 0 Å². The third-order valence-electron chi connectivity index (χ3n) is 4.82. The number of thiazole rings is 1. The van der Waals surface area contributed by atoms with Gasteiger partial charge in [0.25, 0.3) is 0 Å². The molecule has 5 nitrogen and oxygen atoms in total. The summed E-state index contributed by atoms with van der Waals surface area (Å²) in [6, 6.07) is 13.6. The maximum absolute atomic E-state index is 12.6. The van der Waals surface area contributed by atoms with Gasteiger partial charge in [-0.3, -0.25) is 9.78 Å². The van der Waals surface area contributed by atoms with E-state index in [-0.39, 0.29) is 11.8 Å². The normalized spacial score (nSPS) is 15.8. The second-order valence-corrected chi connectivity index (χ2v) is 7.69. The Morgan fingerprint density at radius 3 is 2.85 bits per heavy atom. The van der Waals surface area contributed by atoms with Crippen LogP contribution in [0.2, 0.25) is 0 Å². The van der Waals surface area contributed by atoms with Gasteiger partial charge < -0.3 is 10.1 Å². The van der Waals surface area contributed by atoms with Gasteiger partial charge in [0.15, 0.2) is 0 Å². The lowest BCUT2D eigenvalue weighted by Crippen LogP contribution is -2.33. The molecule has 3 aromatic rings. The van der Waals surface area contributed by atoms with Gasteiger partial charge in [0.1, 0.15) is 10.8 Å². The van der Waals surface area contributed by atoms with Gasteiger partial charge in [-0.05, 0) is 49.1 Å². The molecule has 138 valence electrons. The van der Waals surface area contributed by atoms with Crippen LogP contribution in [0.5, 0.6) is 5.75 Å². The molecule has 0 saturated carbocycles. The van der Waals surface area contributed by atoms with Gasteiger partial charge in [0.2, 0.25) is 5.91 Å². The fourth-order valence-corrected chi connectivity index (χ4v) is 4.44. The molecule has 1 aliphatic carbocycles.